The number of fused-ring (bicyclic) bond motifs is 1. The van der Waals surface area contributed by atoms with Gasteiger partial charge in [-0.3, -0.25) is 10.1 Å². The molecule has 152 valence electrons. The zero-order valence-electron chi connectivity index (χ0n) is 16.5. The molecular weight excluding hydrogens is 387 g/mol. The average molecular weight is 406 g/mol. The summed E-state index contributed by atoms with van der Waals surface area (Å²) in [7, 11) is 1.39. The lowest BCUT2D eigenvalue weighted by Gasteiger charge is -2.09. The number of methoxy groups -OCH3 is 1. The number of benzene rings is 2. The van der Waals surface area contributed by atoms with Crippen LogP contribution in [0.15, 0.2) is 54.9 Å². The molecule has 2 heterocycles. The minimum Gasteiger partial charge on any atom is -0.496 e. The van der Waals surface area contributed by atoms with Gasteiger partial charge < -0.3 is 9.30 Å². The third-order valence-corrected chi connectivity index (χ3v) is 5.01. The highest BCUT2D eigenvalue weighted by molar-refractivity contribution is 5.95. The summed E-state index contributed by atoms with van der Waals surface area (Å²) in [6.07, 6.45) is 3.88. The van der Waals surface area contributed by atoms with Gasteiger partial charge in [-0.25, -0.2) is 9.97 Å². The van der Waals surface area contributed by atoms with Crippen LogP contribution in [0.25, 0.3) is 22.2 Å². The van der Waals surface area contributed by atoms with E-state index in [0.717, 1.165) is 34.8 Å². The van der Waals surface area contributed by atoms with Gasteiger partial charge in [-0.15, -0.1) is 0 Å². The number of nitrogens with zero attached hydrogens (tertiary/aromatic N) is 4. The summed E-state index contributed by atoms with van der Waals surface area (Å²) in [4.78, 5) is 19.3. The molecule has 0 fully saturated rings. The van der Waals surface area contributed by atoms with Gasteiger partial charge in [-0.2, -0.15) is 4.39 Å². The van der Waals surface area contributed by atoms with Gasteiger partial charge in [-0.05, 0) is 19.1 Å². The van der Waals surface area contributed by atoms with Gasteiger partial charge >= 0.3 is 5.69 Å². The van der Waals surface area contributed by atoms with Gasteiger partial charge in [-0.1, -0.05) is 18.2 Å². The molecule has 0 unspecified atom stereocenters. The van der Waals surface area contributed by atoms with Crippen LogP contribution in [0.1, 0.15) is 18.3 Å². The first-order valence-corrected chi connectivity index (χ1v) is 9.42. The number of para-hydroxylation sites is 1. The highest BCUT2D eigenvalue weighted by atomic mass is 19.1. The molecule has 0 aliphatic rings. The van der Waals surface area contributed by atoms with Gasteiger partial charge in [0.05, 0.1) is 17.7 Å². The van der Waals surface area contributed by atoms with Crippen LogP contribution in [-0.4, -0.2) is 26.6 Å². The molecule has 8 heteroatoms. The maximum absolute atomic E-state index is 13.9. The molecule has 0 aliphatic heterocycles. The number of nitro benzene ring substituents is 1. The van der Waals surface area contributed by atoms with Crippen LogP contribution in [0.5, 0.6) is 5.75 Å². The monoisotopic (exact) mass is 406 g/mol. The molecule has 0 aliphatic carbocycles. The second-order valence-corrected chi connectivity index (χ2v) is 6.75. The fraction of sp³-hybridized carbons (Fsp3) is 0.182. The van der Waals surface area contributed by atoms with Crippen molar-refractivity contribution in [2.24, 2.45) is 0 Å². The number of halogens is 1. The van der Waals surface area contributed by atoms with E-state index in [4.69, 9.17) is 4.74 Å². The Bertz CT molecular complexity index is 1250. The average Bonchev–Trinajstić information content (AvgIpc) is 3.13. The van der Waals surface area contributed by atoms with E-state index in [1.54, 1.807) is 6.20 Å². The number of aromatic nitrogens is 3. The summed E-state index contributed by atoms with van der Waals surface area (Å²) < 4.78 is 21.3. The number of hydrogen-bond donors (Lipinski definition) is 0. The fourth-order valence-electron chi connectivity index (χ4n) is 3.57. The lowest BCUT2D eigenvalue weighted by molar-refractivity contribution is -0.387. The number of aryl methyl sites for hydroxylation is 1. The zero-order valence-corrected chi connectivity index (χ0v) is 16.5. The Hall–Kier alpha value is -3.81. The SMILES string of the molecule is CCn1cc(-c2ccnc(Cc3cc([N+](=O)[O-])c(F)cc3OC)n2)c2ccccc21. The zero-order chi connectivity index (χ0) is 21.3. The summed E-state index contributed by atoms with van der Waals surface area (Å²) in [6, 6.07) is 12.1. The van der Waals surface area contributed by atoms with E-state index in [0.29, 0.717) is 11.4 Å². The maximum atomic E-state index is 13.9. The van der Waals surface area contributed by atoms with Crippen molar-refractivity contribution < 1.29 is 14.1 Å². The van der Waals surface area contributed by atoms with Crippen LogP contribution >= 0.6 is 0 Å². The number of nitro groups is 1. The molecule has 4 aromatic rings. The second kappa shape index (κ2) is 7.90. The molecule has 0 bridgehead atoms. The molecule has 4 rings (SSSR count). The van der Waals surface area contributed by atoms with Gasteiger partial charge in [0.2, 0.25) is 5.82 Å². The number of ether oxygens (including phenoxy) is 1. The molecule has 2 aromatic heterocycles. The molecule has 30 heavy (non-hydrogen) atoms. The molecule has 0 saturated heterocycles. The predicted octanol–water partition coefficient (Wildman–Crippen LogP) is 4.76. The van der Waals surface area contributed by atoms with Crippen molar-refractivity contribution in [2.45, 2.75) is 19.9 Å². The summed E-state index contributed by atoms with van der Waals surface area (Å²) in [5.41, 5.74) is 2.69. The van der Waals surface area contributed by atoms with E-state index in [2.05, 4.69) is 33.7 Å². The Labute approximate surface area is 171 Å². The first-order chi connectivity index (χ1) is 14.5. The van der Waals surface area contributed by atoms with Crippen molar-refractivity contribution in [3.63, 3.8) is 0 Å². The van der Waals surface area contributed by atoms with Crippen molar-refractivity contribution in [2.75, 3.05) is 7.11 Å². The van der Waals surface area contributed by atoms with E-state index >= 15 is 0 Å². The standard InChI is InChI=1S/C22H19FN4O3/c1-3-26-13-16(15-6-4-5-7-19(15)26)18-8-9-24-22(25-18)11-14-10-20(27(28)29)17(23)12-21(14)30-2/h4-10,12-13H,3,11H2,1-2H3. The first-order valence-electron chi connectivity index (χ1n) is 9.42. The van der Waals surface area contributed by atoms with Crippen molar-refractivity contribution in [1.82, 2.24) is 14.5 Å². The van der Waals surface area contributed by atoms with E-state index in [9.17, 15) is 14.5 Å². The molecular formula is C22H19FN4O3. The Morgan fingerprint density at radius 3 is 2.77 bits per heavy atom. The topological polar surface area (TPSA) is 83.1 Å². The van der Waals surface area contributed by atoms with E-state index in [-0.39, 0.29) is 12.2 Å². The molecule has 0 N–H and O–H groups in total. The summed E-state index contributed by atoms with van der Waals surface area (Å²) in [5.74, 6) is -0.266. The van der Waals surface area contributed by atoms with E-state index in [1.807, 2.05) is 24.3 Å². The van der Waals surface area contributed by atoms with Gasteiger partial charge in [0.25, 0.3) is 0 Å². The minimum absolute atomic E-state index is 0.171. The number of hydrogen-bond acceptors (Lipinski definition) is 5. The first kappa shape index (κ1) is 19.5. The van der Waals surface area contributed by atoms with Crippen molar-refractivity contribution >= 4 is 16.6 Å². The largest absolute Gasteiger partial charge is 0.496 e. The molecule has 2 aromatic carbocycles. The lowest BCUT2D eigenvalue weighted by atomic mass is 10.1. The second-order valence-electron chi connectivity index (χ2n) is 6.75. The fourth-order valence-corrected chi connectivity index (χ4v) is 3.57. The van der Waals surface area contributed by atoms with Crippen molar-refractivity contribution in [3.8, 4) is 17.0 Å². The molecule has 0 amide bonds. The van der Waals surface area contributed by atoms with Crippen LogP contribution < -0.4 is 4.74 Å². The van der Waals surface area contributed by atoms with Crippen molar-refractivity contribution in [1.29, 1.82) is 0 Å². The summed E-state index contributed by atoms with van der Waals surface area (Å²) in [5, 5.41) is 12.2. The van der Waals surface area contributed by atoms with Crippen LogP contribution in [0.3, 0.4) is 0 Å². The smallest absolute Gasteiger partial charge is 0.305 e. The third kappa shape index (κ3) is 3.47. The molecule has 7 nitrogen and oxygen atoms in total. The van der Waals surface area contributed by atoms with Gasteiger partial charge in [0, 0.05) is 59.5 Å². The quantitative estimate of drug-likeness (QED) is 0.340. The minimum atomic E-state index is -0.942. The Morgan fingerprint density at radius 2 is 2.03 bits per heavy atom. The maximum Gasteiger partial charge on any atom is 0.305 e. The Kier molecular flexibility index (Phi) is 5.14. The summed E-state index contributed by atoms with van der Waals surface area (Å²) in [6.45, 7) is 2.91. The molecule has 0 atom stereocenters. The van der Waals surface area contributed by atoms with Crippen molar-refractivity contribution in [3.05, 3.63) is 82.2 Å². The Morgan fingerprint density at radius 1 is 1.23 bits per heavy atom. The van der Waals surface area contributed by atoms with Crippen LogP contribution in [0, 0.1) is 15.9 Å². The number of rotatable bonds is 6. The highest BCUT2D eigenvalue weighted by Crippen LogP contribution is 2.31. The summed E-state index contributed by atoms with van der Waals surface area (Å²) >= 11 is 0. The van der Waals surface area contributed by atoms with Crippen LogP contribution in [0.4, 0.5) is 10.1 Å². The van der Waals surface area contributed by atoms with Gasteiger partial charge in [0.1, 0.15) is 11.6 Å². The Balaban J connectivity index is 1.76. The van der Waals surface area contributed by atoms with E-state index in [1.165, 1.54) is 13.2 Å². The van der Waals surface area contributed by atoms with Gasteiger partial charge in [0.15, 0.2) is 0 Å². The van der Waals surface area contributed by atoms with Crippen LogP contribution in [-0.2, 0) is 13.0 Å². The lowest BCUT2D eigenvalue weighted by Crippen LogP contribution is -2.02. The molecule has 0 spiro atoms. The molecule has 0 radical (unpaired) electrons. The predicted molar refractivity (Wildman–Crippen MR) is 111 cm³/mol. The van der Waals surface area contributed by atoms with E-state index < -0.39 is 16.4 Å². The third-order valence-electron chi connectivity index (χ3n) is 5.01. The molecule has 0 saturated carbocycles. The normalized spacial score (nSPS) is 11.0. The van der Waals surface area contributed by atoms with Crippen LogP contribution in [0.2, 0.25) is 0 Å². The highest BCUT2D eigenvalue weighted by Gasteiger charge is 2.20.